The van der Waals surface area contributed by atoms with Crippen LogP contribution in [0, 0.1) is 0 Å². The first-order chi connectivity index (χ1) is 9.77. The van der Waals surface area contributed by atoms with Gasteiger partial charge in [0, 0.05) is 0 Å². The van der Waals surface area contributed by atoms with Crippen molar-refractivity contribution in [2.45, 2.75) is 6.17 Å². The van der Waals surface area contributed by atoms with Crippen molar-refractivity contribution in [3.8, 4) is 11.1 Å². The van der Waals surface area contributed by atoms with Gasteiger partial charge in [-0.1, -0.05) is 60.7 Å². The van der Waals surface area contributed by atoms with E-state index in [1.807, 2.05) is 12.1 Å². The smallest absolute Gasteiger partial charge is 0.268 e. The normalized spacial score (nSPS) is 12.8. The van der Waals surface area contributed by atoms with Crippen LogP contribution in [0.25, 0.3) is 11.1 Å². The Kier molecular flexibility index (Phi) is 4.66. The summed E-state index contributed by atoms with van der Waals surface area (Å²) in [6.07, 6.45) is -0.880. The molecule has 20 heavy (non-hydrogen) atoms. The summed E-state index contributed by atoms with van der Waals surface area (Å²) in [5.74, 6) is -0.630. The van der Waals surface area contributed by atoms with E-state index in [-0.39, 0.29) is 0 Å². The summed E-state index contributed by atoms with van der Waals surface area (Å²) < 4.78 is 0. The molecular weight excluding hydrogens is 254 g/mol. The van der Waals surface area contributed by atoms with E-state index >= 15 is 0 Å². The highest BCUT2D eigenvalue weighted by molar-refractivity contribution is 5.79. The van der Waals surface area contributed by atoms with Crippen LogP contribution >= 0.6 is 0 Å². The lowest BCUT2D eigenvalue weighted by atomic mass is 10.1. The lowest BCUT2D eigenvalue weighted by Gasteiger charge is -1.98. The molecule has 1 aliphatic rings. The number of amides is 1. The van der Waals surface area contributed by atoms with Crippen molar-refractivity contribution >= 4 is 5.91 Å². The summed E-state index contributed by atoms with van der Waals surface area (Å²) in [5.41, 5.74) is 7.30. The Morgan fingerprint density at radius 3 is 1.50 bits per heavy atom. The molecule has 2 aromatic carbocycles. The minimum Gasteiger partial charge on any atom is -0.366 e. The molecule has 0 spiro atoms. The van der Waals surface area contributed by atoms with Crippen LogP contribution in [0.3, 0.4) is 0 Å². The second kappa shape index (κ2) is 6.89. The van der Waals surface area contributed by atoms with Crippen LogP contribution in [-0.4, -0.2) is 12.1 Å². The highest BCUT2D eigenvalue weighted by Crippen LogP contribution is 2.17. The van der Waals surface area contributed by atoms with Gasteiger partial charge in [0.1, 0.15) is 0 Å². The molecule has 6 nitrogen and oxygen atoms in total. The number of primary amides is 1. The van der Waals surface area contributed by atoms with Crippen molar-refractivity contribution in [2.75, 3.05) is 0 Å². The number of carbonyl (C=O) groups excluding carboxylic acids is 1. The van der Waals surface area contributed by atoms with E-state index in [1.54, 1.807) is 0 Å². The number of benzene rings is 2. The fraction of sp³-hybridized carbons (Fsp3) is 0.0714. The van der Waals surface area contributed by atoms with Gasteiger partial charge in [0.05, 0.1) is 0 Å². The van der Waals surface area contributed by atoms with E-state index in [9.17, 15) is 4.79 Å². The second-order valence-electron chi connectivity index (χ2n) is 3.92. The second-order valence-corrected chi connectivity index (χ2v) is 3.92. The number of nitrogens with two attached hydrogens (primary N) is 1. The molecule has 0 saturated carbocycles. The minimum atomic E-state index is -0.880. The standard InChI is InChI=1S/C12H10.C2H3N5O/c1-3-7-11(8-4-1)12-9-5-2-6-10-12;3-1(8)2-4-6-7-5-2/h1-10H;2H,(H2,3,8). The fourth-order valence-corrected chi connectivity index (χ4v) is 1.54. The lowest BCUT2D eigenvalue weighted by molar-refractivity contribution is -0.119. The van der Waals surface area contributed by atoms with E-state index in [2.05, 4.69) is 69.2 Å². The molecule has 0 radical (unpaired) electrons. The SMILES string of the molecule is NC(=O)C1N=NN=N1.c1ccc(-c2ccccc2)cc1. The predicted octanol–water partition coefficient (Wildman–Crippen LogP) is 2.98. The minimum absolute atomic E-state index is 0.630. The Morgan fingerprint density at radius 1 is 0.800 bits per heavy atom. The maximum atomic E-state index is 10.1. The van der Waals surface area contributed by atoms with Gasteiger partial charge < -0.3 is 5.73 Å². The van der Waals surface area contributed by atoms with Gasteiger partial charge in [0.15, 0.2) is 0 Å². The summed E-state index contributed by atoms with van der Waals surface area (Å²) >= 11 is 0. The van der Waals surface area contributed by atoms with Crippen LogP contribution in [0.1, 0.15) is 0 Å². The Morgan fingerprint density at radius 2 is 1.20 bits per heavy atom. The molecule has 0 unspecified atom stereocenters. The summed E-state index contributed by atoms with van der Waals surface area (Å²) in [6, 6.07) is 20.8. The zero-order valence-electron chi connectivity index (χ0n) is 10.6. The predicted molar refractivity (Wildman–Crippen MR) is 74.6 cm³/mol. The van der Waals surface area contributed by atoms with E-state index in [0.29, 0.717) is 0 Å². The largest absolute Gasteiger partial charge is 0.366 e. The van der Waals surface area contributed by atoms with Gasteiger partial charge in [-0.25, -0.2) is 0 Å². The molecule has 0 fully saturated rings. The van der Waals surface area contributed by atoms with Gasteiger partial charge in [-0.2, -0.15) is 0 Å². The first kappa shape index (κ1) is 13.5. The van der Waals surface area contributed by atoms with Gasteiger partial charge in [-0.15, -0.1) is 10.2 Å². The zero-order chi connectivity index (χ0) is 14.2. The van der Waals surface area contributed by atoms with Gasteiger partial charge in [-0.05, 0) is 21.6 Å². The van der Waals surface area contributed by atoms with E-state index in [4.69, 9.17) is 5.73 Å². The average Bonchev–Trinajstić information content (AvgIpc) is 3.04. The number of carbonyl (C=O) groups is 1. The van der Waals surface area contributed by atoms with Gasteiger partial charge >= 0.3 is 0 Å². The Bertz CT molecular complexity index is 560. The molecule has 2 N–H and O–H groups in total. The van der Waals surface area contributed by atoms with Crippen LogP contribution < -0.4 is 5.73 Å². The van der Waals surface area contributed by atoms with Gasteiger partial charge in [0.2, 0.25) is 0 Å². The van der Waals surface area contributed by atoms with Crippen molar-refractivity contribution < 1.29 is 4.79 Å². The number of nitrogens with zero attached hydrogens (tertiary/aromatic N) is 4. The molecule has 2 aromatic rings. The van der Waals surface area contributed by atoms with Gasteiger partial charge in [-0.3, -0.25) is 4.79 Å². The van der Waals surface area contributed by atoms with Crippen molar-refractivity contribution in [1.82, 2.24) is 0 Å². The molecule has 6 heteroatoms. The van der Waals surface area contributed by atoms with Crippen LogP contribution in [0.4, 0.5) is 0 Å². The number of hydrogen-bond acceptors (Lipinski definition) is 5. The highest BCUT2D eigenvalue weighted by Gasteiger charge is 2.14. The summed E-state index contributed by atoms with van der Waals surface area (Å²) in [7, 11) is 0. The lowest BCUT2D eigenvalue weighted by Crippen LogP contribution is -2.23. The van der Waals surface area contributed by atoms with Crippen LogP contribution in [0.2, 0.25) is 0 Å². The van der Waals surface area contributed by atoms with Gasteiger partial charge in [0.25, 0.3) is 12.1 Å². The fourth-order valence-electron chi connectivity index (χ4n) is 1.54. The van der Waals surface area contributed by atoms with Crippen molar-refractivity contribution in [3.63, 3.8) is 0 Å². The van der Waals surface area contributed by atoms with Crippen molar-refractivity contribution in [3.05, 3.63) is 60.7 Å². The molecule has 0 atom stereocenters. The molecule has 3 rings (SSSR count). The van der Waals surface area contributed by atoms with E-state index in [1.165, 1.54) is 11.1 Å². The average molecular weight is 267 g/mol. The van der Waals surface area contributed by atoms with Crippen LogP contribution in [0.5, 0.6) is 0 Å². The van der Waals surface area contributed by atoms with Crippen LogP contribution in [0.15, 0.2) is 81.3 Å². The van der Waals surface area contributed by atoms with Crippen molar-refractivity contribution in [2.24, 2.45) is 26.4 Å². The molecule has 0 aliphatic carbocycles. The topological polar surface area (TPSA) is 92.5 Å². The Hall–Kier alpha value is -2.89. The Balaban J connectivity index is 0.000000160. The molecular formula is C14H13N5O. The molecule has 1 aliphatic heterocycles. The monoisotopic (exact) mass is 267 g/mol. The Labute approximate surface area is 116 Å². The highest BCUT2D eigenvalue weighted by atomic mass is 16.1. The molecule has 100 valence electrons. The third-order valence-corrected chi connectivity index (χ3v) is 2.50. The summed E-state index contributed by atoms with van der Waals surface area (Å²) in [4.78, 5) is 10.1. The number of hydrogen-bond donors (Lipinski definition) is 1. The first-order valence-electron chi connectivity index (χ1n) is 5.97. The molecule has 1 amide bonds. The molecule has 0 bridgehead atoms. The third kappa shape index (κ3) is 3.81. The van der Waals surface area contributed by atoms with E-state index < -0.39 is 12.1 Å². The zero-order valence-corrected chi connectivity index (χ0v) is 10.6. The summed E-state index contributed by atoms with van der Waals surface area (Å²) in [5, 5.41) is 12.6. The maximum absolute atomic E-state index is 10.1. The maximum Gasteiger partial charge on any atom is 0.268 e. The number of rotatable bonds is 2. The molecule has 0 saturated heterocycles. The molecule has 0 aromatic heterocycles. The quantitative estimate of drug-likeness (QED) is 0.889. The summed E-state index contributed by atoms with van der Waals surface area (Å²) in [6.45, 7) is 0. The van der Waals surface area contributed by atoms with E-state index in [0.717, 1.165) is 0 Å². The van der Waals surface area contributed by atoms with Crippen molar-refractivity contribution in [1.29, 1.82) is 0 Å². The first-order valence-corrected chi connectivity index (χ1v) is 5.97. The molecule has 1 heterocycles. The third-order valence-electron chi connectivity index (χ3n) is 2.50. The van der Waals surface area contributed by atoms with Crippen LogP contribution in [-0.2, 0) is 4.79 Å².